The molecule has 0 amide bonds. The Kier molecular flexibility index (Phi) is 3.46. The molecule has 1 unspecified atom stereocenters. The topological polar surface area (TPSA) is 3.24 Å². The van der Waals surface area contributed by atoms with Crippen LogP contribution in [0.4, 0.5) is 4.39 Å². The fourth-order valence-electron chi connectivity index (χ4n) is 3.03. The first-order valence-electron chi connectivity index (χ1n) is 7.03. The summed E-state index contributed by atoms with van der Waals surface area (Å²) in [5.41, 5.74) is 2.69. The van der Waals surface area contributed by atoms with Gasteiger partial charge >= 0.3 is 0 Å². The van der Waals surface area contributed by atoms with Crippen LogP contribution >= 0.6 is 0 Å². The zero-order valence-corrected chi connectivity index (χ0v) is 10.7. The van der Waals surface area contributed by atoms with Gasteiger partial charge < -0.3 is 0 Å². The van der Waals surface area contributed by atoms with Gasteiger partial charge in [0.15, 0.2) is 0 Å². The van der Waals surface area contributed by atoms with E-state index in [9.17, 15) is 4.39 Å². The van der Waals surface area contributed by atoms with Gasteiger partial charge in [-0.15, -0.1) is 0 Å². The predicted octanol–water partition coefficient (Wildman–Crippen LogP) is 3.86. The lowest BCUT2D eigenvalue weighted by atomic mass is 9.86. The predicted molar refractivity (Wildman–Crippen MR) is 72.8 cm³/mol. The summed E-state index contributed by atoms with van der Waals surface area (Å²) in [6, 6.07) is 7.51. The Hall–Kier alpha value is -1.15. The smallest absolute Gasteiger partial charge is 0.123 e. The molecule has 1 nitrogen and oxygen atoms in total. The Morgan fingerprint density at radius 2 is 1.83 bits per heavy atom. The molecule has 2 fully saturated rings. The Bertz CT molecular complexity index is 431. The van der Waals surface area contributed by atoms with Crippen molar-refractivity contribution in [3.05, 3.63) is 41.2 Å². The third kappa shape index (κ3) is 2.49. The maximum absolute atomic E-state index is 12.9. The van der Waals surface area contributed by atoms with Gasteiger partial charge in [0.25, 0.3) is 0 Å². The highest BCUT2D eigenvalue weighted by molar-refractivity contribution is 5.54. The van der Waals surface area contributed by atoms with E-state index in [1.165, 1.54) is 45.2 Å². The van der Waals surface area contributed by atoms with Gasteiger partial charge in [0.1, 0.15) is 5.82 Å². The molecule has 96 valence electrons. The van der Waals surface area contributed by atoms with E-state index in [1.54, 1.807) is 17.7 Å². The van der Waals surface area contributed by atoms with E-state index in [0.29, 0.717) is 6.04 Å². The molecule has 0 bridgehead atoms. The van der Waals surface area contributed by atoms with Crippen molar-refractivity contribution in [1.82, 2.24) is 4.90 Å². The Morgan fingerprint density at radius 3 is 2.50 bits per heavy atom. The molecule has 1 saturated carbocycles. The molecule has 0 N–H and O–H groups in total. The molecule has 1 atom stereocenters. The zero-order chi connectivity index (χ0) is 12.4. The summed E-state index contributed by atoms with van der Waals surface area (Å²) < 4.78 is 12.9. The highest BCUT2D eigenvalue weighted by Gasteiger charge is 2.28. The summed E-state index contributed by atoms with van der Waals surface area (Å²) >= 11 is 0. The number of benzene rings is 1. The second-order valence-corrected chi connectivity index (χ2v) is 5.42. The average Bonchev–Trinajstić information content (AvgIpc) is 2.32. The third-order valence-corrected chi connectivity index (χ3v) is 4.17. The maximum atomic E-state index is 12.9. The first kappa shape index (κ1) is 11.9. The number of hydrogen-bond donors (Lipinski definition) is 0. The van der Waals surface area contributed by atoms with Crippen molar-refractivity contribution in [1.29, 1.82) is 0 Å². The van der Waals surface area contributed by atoms with Crippen LogP contribution in [0.25, 0.3) is 6.08 Å². The first-order chi connectivity index (χ1) is 8.83. The van der Waals surface area contributed by atoms with Crippen molar-refractivity contribution in [3.8, 4) is 0 Å². The lowest BCUT2D eigenvalue weighted by Gasteiger charge is -2.42. The van der Waals surface area contributed by atoms with Crippen molar-refractivity contribution in [2.45, 2.75) is 38.1 Å². The van der Waals surface area contributed by atoms with Gasteiger partial charge in [-0.05, 0) is 56.5 Å². The molecule has 0 aromatic heterocycles. The van der Waals surface area contributed by atoms with Crippen LogP contribution in [0.3, 0.4) is 0 Å². The van der Waals surface area contributed by atoms with Crippen LogP contribution in [0.15, 0.2) is 29.8 Å². The van der Waals surface area contributed by atoms with E-state index in [2.05, 4.69) is 11.0 Å². The number of rotatable bonds is 2. The number of halogens is 1. The van der Waals surface area contributed by atoms with Crippen LogP contribution in [0.2, 0.25) is 0 Å². The molecular formula is C16H20FN. The molecule has 0 spiro atoms. The van der Waals surface area contributed by atoms with Crippen molar-refractivity contribution >= 4 is 6.08 Å². The highest BCUT2D eigenvalue weighted by Crippen LogP contribution is 2.31. The fourth-order valence-corrected chi connectivity index (χ4v) is 3.03. The van der Waals surface area contributed by atoms with Gasteiger partial charge in [0.2, 0.25) is 0 Å². The van der Waals surface area contributed by atoms with Gasteiger partial charge in [-0.3, -0.25) is 4.90 Å². The summed E-state index contributed by atoms with van der Waals surface area (Å²) in [7, 11) is 0. The second kappa shape index (κ2) is 5.23. The molecule has 1 aliphatic carbocycles. The molecule has 3 rings (SSSR count). The number of likely N-dealkylation sites (tertiary alicyclic amines) is 1. The SMILES string of the molecule is Fc1ccc(/C=C2/CCCCC2N2CCC2)cc1. The van der Waals surface area contributed by atoms with E-state index in [-0.39, 0.29) is 5.82 Å². The molecule has 0 radical (unpaired) electrons. The van der Waals surface area contributed by atoms with Crippen LogP contribution < -0.4 is 0 Å². The first-order valence-corrected chi connectivity index (χ1v) is 7.03. The van der Waals surface area contributed by atoms with Gasteiger partial charge in [-0.2, -0.15) is 0 Å². The quantitative estimate of drug-likeness (QED) is 0.764. The molecule has 1 saturated heterocycles. The summed E-state index contributed by atoms with van der Waals surface area (Å²) in [6.07, 6.45) is 8.78. The zero-order valence-electron chi connectivity index (χ0n) is 10.7. The summed E-state index contributed by atoms with van der Waals surface area (Å²) in [4.78, 5) is 2.59. The normalized spacial score (nSPS) is 27.2. The minimum Gasteiger partial charge on any atom is -0.297 e. The maximum Gasteiger partial charge on any atom is 0.123 e. The standard InChI is InChI=1S/C16H20FN/c17-15-8-6-13(7-9-15)12-14-4-1-2-5-16(14)18-10-3-11-18/h6-9,12,16H,1-5,10-11H2/b14-12-. The average molecular weight is 245 g/mol. The Morgan fingerprint density at radius 1 is 1.06 bits per heavy atom. The molecule has 2 heteroatoms. The minimum atomic E-state index is -0.153. The van der Waals surface area contributed by atoms with E-state index in [1.807, 2.05) is 12.1 Å². The lowest BCUT2D eigenvalue weighted by Crippen LogP contribution is -2.46. The summed E-state index contributed by atoms with van der Waals surface area (Å²) in [5.74, 6) is -0.153. The van der Waals surface area contributed by atoms with Gasteiger partial charge in [-0.1, -0.05) is 30.2 Å². The molecule has 18 heavy (non-hydrogen) atoms. The van der Waals surface area contributed by atoms with Crippen LogP contribution in [0, 0.1) is 5.82 Å². The van der Waals surface area contributed by atoms with E-state index < -0.39 is 0 Å². The van der Waals surface area contributed by atoms with Crippen molar-refractivity contribution in [2.75, 3.05) is 13.1 Å². The van der Waals surface area contributed by atoms with Crippen molar-refractivity contribution in [2.24, 2.45) is 0 Å². The minimum absolute atomic E-state index is 0.153. The van der Waals surface area contributed by atoms with Crippen LogP contribution in [0.5, 0.6) is 0 Å². The number of hydrogen-bond acceptors (Lipinski definition) is 1. The van der Waals surface area contributed by atoms with Crippen LogP contribution in [-0.4, -0.2) is 24.0 Å². The van der Waals surface area contributed by atoms with E-state index in [0.717, 1.165) is 5.56 Å². The van der Waals surface area contributed by atoms with Gasteiger partial charge in [0, 0.05) is 6.04 Å². The molecule has 1 heterocycles. The summed E-state index contributed by atoms with van der Waals surface area (Å²) in [6.45, 7) is 2.51. The Balaban J connectivity index is 1.80. The molecule has 1 aromatic carbocycles. The molecule has 1 aliphatic heterocycles. The van der Waals surface area contributed by atoms with Gasteiger partial charge in [0.05, 0.1) is 0 Å². The van der Waals surface area contributed by atoms with E-state index in [4.69, 9.17) is 0 Å². The van der Waals surface area contributed by atoms with Crippen LogP contribution in [-0.2, 0) is 0 Å². The fraction of sp³-hybridized carbons (Fsp3) is 0.500. The largest absolute Gasteiger partial charge is 0.297 e. The highest BCUT2D eigenvalue weighted by atomic mass is 19.1. The molecular weight excluding hydrogens is 225 g/mol. The van der Waals surface area contributed by atoms with Gasteiger partial charge in [-0.25, -0.2) is 4.39 Å². The summed E-state index contributed by atoms with van der Waals surface area (Å²) in [5, 5.41) is 0. The molecule has 1 aromatic rings. The molecule has 2 aliphatic rings. The Labute approximate surface area is 108 Å². The monoisotopic (exact) mass is 245 g/mol. The van der Waals surface area contributed by atoms with Crippen molar-refractivity contribution < 1.29 is 4.39 Å². The van der Waals surface area contributed by atoms with Crippen LogP contribution in [0.1, 0.15) is 37.7 Å². The second-order valence-electron chi connectivity index (χ2n) is 5.42. The number of nitrogens with zero attached hydrogens (tertiary/aromatic N) is 1. The lowest BCUT2D eigenvalue weighted by molar-refractivity contribution is 0.121. The van der Waals surface area contributed by atoms with E-state index >= 15 is 0 Å². The third-order valence-electron chi connectivity index (χ3n) is 4.17. The van der Waals surface area contributed by atoms with Crippen molar-refractivity contribution in [3.63, 3.8) is 0 Å².